The average Bonchev–Trinajstić information content (AvgIpc) is 2.39. The number of benzene rings is 2. The number of rotatable bonds is 4. The molecule has 0 aliphatic carbocycles. The molecule has 0 saturated carbocycles. The molecule has 0 fully saturated rings. The maximum atomic E-state index is 13.7. The lowest BCUT2D eigenvalue weighted by atomic mass is 10.1. The van der Waals surface area contributed by atoms with E-state index < -0.39 is 30.2 Å². The molecule has 0 unspecified atom stereocenters. The van der Waals surface area contributed by atoms with Crippen molar-refractivity contribution in [2.24, 2.45) is 0 Å². The normalized spacial score (nSPS) is 12.2. The molecule has 1 atom stereocenters. The van der Waals surface area contributed by atoms with E-state index >= 15 is 0 Å². The van der Waals surface area contributed by atoms with E-state index in [4.69, 9.17) is 4.74 Å². The smallest absolute Gasteiger partial charge is 0.165 e. The monoisotopic (exact) mass is 282 g/mol. The van der Waals surface area contributed by atoms with Crippen LogP contribution in [0, 0.1) is 17.5 Å². The minimum absolute atomic E-state index is 0.128. The van der Waals surface area contributed by atoms with E-state index in [1.165, 1.54) is 25.1 Å². The van der Waals surface area contributed by atoms with Gasteiger partial charge in [0.15, 0.2) is 11.6 Å². The Hall–Kier alpha value is -2.01. The van der Waals surface area contributed by atoms with Gasteiger partial charge in [-0.2, -0.15) is 0 Å². The van der Waals surface area contributed by atoms with Crippen LogP contribution < -0.4 is 4.74 Å². The zero-order valence-electron chi connectivity index (χ0n) is 10.7. The molecule has 5 heteroatoms. The third kappa shape index (κ3) is 3.11. The van der Waals surface area contributed by atoms with Gasteiger partial charge in [-0.05, 0) is 36.8 Å². The lowest BCUT2D eigenvalue weighted by Crippen LogP contribution is -2.03. The lowest BCUT2D eigenvalue weighted by Gasteiger charge is -2.11. The fraction of sp³-hybridized carbons (Fsp3) is 0.200. The Bertz CT molecular complexity index is 592. The van der Waals surface area contributed by atoms with Crippen LogP contribution in [-0.4, -0.2) is 5.11 Å². The predicted molar refractivity (Wildman–Crippen MR) is 67.7 cm³/mol. The highest BCUT2D eigenvalue weighted by Crippen LogP contribution is 2.23. The average molecular weight is 282 g/mol. The second-order valence-corrected chi connectivity index (χ2v) is 4.35. The van der Waals surface area contributed by atoms with Gasteiger partial charge >= 0.3 is 0 Å². The number of hydrogen-bond acceptors (Lipinski definition) is 2. The Balaban J connectivity index is 2.15. The first-order valence-corrected chi connectivity index (χ1v) is 6.02. The Morgan fingerprint density at radius 2 is 1.70 bits per heavy atom. The summed E-state index contributed by atoms with van der Waals surface area (Å²) >= 11 is 0. The summed E-state index contributed by atoms with van der Waals surface area (Å²) in [4.78, 5) is 0. The summed E-state index contributed by atoms with van der Waals surface area (Å²) in [7, 11) is 0. The zero-order valence-corrected chi connectivity index (χ0v) is 10.7. The van der Waals surface area contributed by atoms with Crippen LogP contribution in [0.5, 0.6) is 5.75 Å². The van der Waals surface area contributed by atoms with Gasteiger partial charge in [-0.25, -0.2) is 13.2 Å². The highest BCUT2D eigenvalue weighted by atomic mass is 19.1. The number of aliphatic hydroxyl groups is 1. The topological polar surface area (TPSA) is 29.5 Å². The van der Waals surface area contributed by atoms with E-state index in [2.05, 4.69) is 0 Å². The van der Waals surface area contributed by atoms with Crippen LogP contribution in [0.25, 0.3) is 0 Å². The molecule has 0 radical (unpaired) electrons. The van der Waals surface area contributed by atoms with E-state index in [-0.39, 0.29) is 11.3 Å². The van der Waals surface area contributed by atoms with Crippen LogP contribution in [0.2, 0.25) is 0 Å². The predicted octanol–water partition coefficient (Wildman–Crippen LogP) is 3.74. The molecule has 2 aromatic carbocycles. The fourth-order valence-corrected chi connectivity index (χ4v) is 1.71. The highest BCUT2D eigenvalue weighted by molar-refractivity contribution is 5.31. The molecule has 20 heavy (non-hydrogen) atoms. The molecular formula is C15H13F3O2. The van der Waals surface area contributed by atoms with Gasteiger partial charge < -0.3 is 9.84 Å². The third-order valence-electron chi connectivity index (χ3n) is 2.87. The Labute approximate surface area is 114 Å². The molecule has 0 amide bonds. The van der Waals surface area contributed by atoms with Crippen LogP contribution in [0.3, 0.4) is 0 Å². The van der Waals surface area contributed by atoms with E-state index in [1.807, 2.05) is 0 Å². The van der Waals surface area contributed by atoms with Gasteiger partial charge in [-0.15, -0.1) is 0 Å². The number of hydrogen-bond donors (Lipinski definition) is 1. The summed E-state index contributed by atoms with van der Waals surface area (Å²) in [5.74, 6) is -2.31. The molecule has 0 spiro atoms. The summed E-state index contributed by atoms with van der Waals surface area (Å²) in [6, 6.07) is 7.38. The zero-order chi connectivity index (χ0) is 14.7. The number of ether oxygens (including phenoxy) is 1. The highest BCUT2D eigenvalue weighted by Gasteiger charge is 2.12. The molecule has 0 bridgehead atoms. The van der Waals surface area contributed by atoms with Crippen LogP contribution >= 0.6 is 0 Å². The maximum absolute atomic E-state index is 13.7. The molecule has 2 rings (SSSR count). The first-order chi connectivity index (χ1) is 9.49. The van der Waals surface area contributed by atoms with E-state index in [0.29, 0.717) is 5.56 Å². The Kier molecular flexibility index (Phi) is 4.29. The van der Waals surface area contributed by atoms with Gasteiger partial charge in [0.1, 0.15) is 18.2 Å². The van der Waals surface area contributed by atoms with Crippen LogP contribution in [0.15, 0.2) is 36.4 Å². The number of halogens is 3. The van der Waals surface area contributed by atoms with Gasteiger partial charge in [0.25, 0.3) is 0 Å². The molecule has 0 aliphatic heterocycles. The summed E-state index contributed by atoms with van der Waals surface area (Å²) in [6.07, 6.45) is -0.803. The van der Waals surface area contributed by atoms with E-state index in [0.717, 1.165) is 18.2 Å². The van der Waals surface area contributed by atoms with Gasteiger partial charge in [-0.1, -0.05) is 12.1 Å². The lowest BCUT2D eigenvalue weighted by molar-refractivity contribution is 0.198. The van der Waals surface area contributed by atoms with Crippen molar-refractivity contribution in [2.75, 3.05) is 0 Å². The molecule has 2 aromatic rings. The summed E-state index contributed by atoms with van der Waals surface area (Å²) in [6.45, 7) is 1.09. The van der Waals surface area contributed by atoms with Crippen LogP contribution in [-0.2, 0) is 6.61 Å². The van der Waals surface area contributed by atoms with Gasteiger partial charge in [0, 0.05) is 0 Å². The summed E-state index contributed by atoms with van der Waals surface area (Å²) < 4.78 is 45.5. The van der Waals surface area contributed by atoms with E-state index in [9.17, 15) is 18.3 Å². The van der Waals surface area contributed by atoms with Crippen LogP contribution in [0.4, 0.5) is 13.2 Å². The second-order valence-electron chi connectivity index (χ2n) is 4.35. The third-order valence-corrected chi connectivity index (χ3v) is 2.87. The first-order valence-electron chi connectivity index (χ1n) is 6.02. The van der Waals surface area contributed by atoms with Crippen molar-refractivity contribution in [1.29, 1.82) is 0 Å². The Morgan fingerprint density at radius 1 is 1.05 bits per heavy atom. The van der Waals surface area contributed by atoms with Gasteiger partial charge in [0.2, 0.25) is 0 Å². The largest absolute Gasteiger partial charge is 0.486 e. The first kappa shape index (κ1) is 14.4. The van der Waals surface area contributed by atoms with Crippen molar-refractivity contribution in [1.82, 2.24) is 0 Å². The molecule has 106 valence electrons. The Morgan fingerprint density at radius 3 is 2.25 bits per heavy atom. The minimum atomic E-state index is -0.803. The standard InChI is InChI=1S/C15H13F3O2/c1-9(19)10-5-6-15(14(18)7-10)20-8-11-12(16)3-2-4-13(11)17/h2-7,9,19H,8H2,1H3/t9-/m0/s1. The summed E-state index contributed by atoms with van der Waals surface area (Å²) in [5.41, 5.74) is 0.137. The fourth-order valence-electron chi connectivity index (χ4n) is 1.71. The summed E-state index contributed by atoms with van der Waals surface area (Å²) in [5, 5.41) is 9.31. The maximum Gasteiger partial charge on any atom is 0.165 e. The molecule has 1 N–H and O–H groups in total. The quantitative estimate of drug-likeness (QED) is 0.925. The molecule has 0 heterocycles. The molecular weight excluding hydrogens is 269 g/mol. The second kappa shape index (κ2) is 5.96. The number of aliphatic hydroxyl groups excluding tert-OH is 1. The van der Waals surface area contributed by atoms with Crippen molar-refractivity contribution in [3.8, 4) is 5.75 Å². The SMILES string of the molecule is C[C@H](O)c1ccc(OCc2c(F)cccc2F)c(F)c1. The van der Waals surface area contributed by atoms with E-state index in [1.54, 1.807) is 0 Å². The molecule has 0 aliphatic rings. The minimum Gasteiger partial charge on any atom is -0.486 e. The van der Waals surface area contributed by atoms with Crippen molar-refractivity contribution >= 4 is 0 Å². The van der Waals surface area contributed by atoms with Gasteiger partial charge in [0.05, 0.1) is 11.7 Å². The van der Waals surface area contributed by atoms with Crippen molar-refractivity contribution in [2.45, 2.75) is 19.6 Å². The van der Waals surface area contributed by atoms with Crippen LogP contribution in [0.1, 0.15) is 24.2 Å². The molecule has 0 saturated heterocycles. The molecule has 2 nitrogen and oxygen atoms in total. The van der Waals surface area contributed by atoms with Gasteiger partial charge in [-0.3, -0.25) is 0 Å². The van der Waals surface area contributed by atoms with Crippen molar-refractivity contribution in [3.63, 3.8) is 0 Å². The van der Waals surface area contributed by atoms with Crippen molar-refractivity contribution < 1.29 is 23.0 Å². The molecule has 0 aromatic heterocycles. The van der Waals surface area contributed by atoms with Crippen molar-refractivity contribution in [3.05, 3.63) is 65.0 Å².